The van der Waals surface area contributed by atoms with Crippen molar-refractivity contribution < 1.29 is 9.53 Å². The highest BCUT2D eigenvalue weighted by Crippen LogP contribution is 2.10. The number of benzene rings is 1. The van der Waals surface area contributed by atoms with Crippen LogP contribution in [0.5, 0.6) is 5.75 Å². The third-order valence-corrected chi connectivity index (χ3v) is 1.64. The third kappa shape index (κ3) is 4.28. The van der Waals surface area contributed by atoms with Gasteiger partial charge in [0.15, 0.2) is 0 Å². The molecule has 0 spiro atoms. The van der Waals surface area contributed by atoms with Crippen molar-refractivity contribution in [3.63, 3.8) is 0 Å². The Morgan fingerprint density at radius 1 is 1.50 bits per heavy atom. The van der Waals surface area contributed by atoms with Gasteiger partial charge < -0.3 is 10.5 Å². The molecule has 1 rings (SSSR count). The van der Waals surface area contributed by atoms with Crippen molar-refractivity contribution in [2.75, 3.05) is 6.61 Å². The Hall–Kier alpha value is -2.30. The minimum Gasteiger partial charge on any atom is -0.490 e. The van der Waals surface area contributed by atoms with Gasteiger partial charge in [0, 0.05) is 0 Å². The van der Waals surface area contributed by atoms with Crippen LogP contribution in [0.3, 0.4) is 0 Å². The molecule has 1 aromatic rings. The van der Waals surface area contributed by atoms with Gasteiger partial charge in [0.25, 0.3) is 0 Å². The van der Waals surface area contributed by atoms with Crippen LogP contribution in [0.15, 0.2) is 42.0 Å². The summed E-state index contributed by atoms with van der Waals surface area (Å²) in [5, 5.41) is 3.63. The fraction of sp³-hybridized carbons (Fsp3) is 0.0909. The molecular weight excluding hydrogens is 206 g/mol. The number of nitrogens with zero attached hydrogens (tertiary/aromatic N) is 1. The first-order valence-electron chi connectivity index (χ1n) is 4.64. The lowest BCUT2D eigenvalue weighted by atomic mass is 10.2. The fourth-order valence-electron chi connectivity index (χ4n) is 0.976. The Bertz CT molecular complexity index is 385. The number of nitrogens with one attached hydrogen (secondary N) is 1. The first kappa shape index (κ1) is 11.8. The van der Waals surface area contributed by atoms with Gasteiger partial charge in [0.2, 0.25) is 0 Å². The largest absolute Gasteiger partial charge is 0.490 e. The molecule has 0 bridgehead atoms. The van der Waals surface area contributed by atoms with Crippen molar-refractivity contribution in [1.82, 2.24) is 5.43 Å². The predicted molar refractivity (Wildman–Crippen MR) is 62.4 cm³/mol. The number of amides is 2. The third-order valence-electron chi connectivity index (χ3n) is 1.64. The van der Waals surface area contributed by atoms with Crippen LogP contribution >= 0.6 is 0 Å². The number of carbonyl (C=O) groups is 1. The maximum absolute atomic E-state index is 10.3. The summed E-state index contributed by atoms with van der Waals surface area (Å²) >= 11 is 0. The first-order chi connectivity index (χ1) is 7.72. The monoisotopic (exact) mass is 219 g/mol. The Labute approximate surface area is 93.6 Å². The number of carbonyl (C=O) groups excluding carboxylic acids is 1. The van der Waals surface area contributed by atoms with Gasteiger partial charge in [-0.15, -0.1) is 0 Å². The van der Waals surface area contributed by atoms with Crippen molar-refractivity contribution >= 4 is 12.2 Å². The second kappa shape index (κ2) is 6.23. The van der Waals surface area contributed by atoms with Gasteiger partial charge in [-0.1, -0.05) is 12.7 Å². The second-order valence-corrected chi connectivity index (χ2v) is 2.90. The lowest BCUT2D eigenvalue weighted by Crippen LogP contribution is -2.24. The SMILES string of the molecule is C=CCOc1ccc(/C=N\NC(N)=O)cc1. The number of rotatable bonds is 5. The van der Waals surface area contributed by atoms with E-state index in [2.05, 4.69) is 17.1 Å². The van der Waals surface area contributed by atoms with E-state index in [9.17, 15) is 4.79 Å². The topological polar surface area (TPSA) is 76.7 Å². The van der Waals surface area contributed by atoms with E-state index < -0.39 is 6.03 Å². The molecule has 0 heterocycles. The summed E-state index contributed by atoms with van der Waals surface area (Å²) in [6.45, 7) is 4.02. The second-order valence-electron chi connectivity index (χ2n) is 2.90. The first-order valence-corrected chi connectivity index (χ1v) is 4.64. The number of hydrogen-bond acceptors (Lipinski definition) is 3. The van der Waals surface area contributed by atoms with E-state index in [-0.39, 0.29) is 0 Å². The molecular formula is C11H13N3O2. The predicted octanol–water partition coefficient (Wildman–Crippen LogP) is 1.25. The van der Waals surface area contributed by atoms with E-state index >= 15 is 0 Å². The molecule has 2 amide bonds. The summed E-state index contributed by atoms with van der Waals surface area (Å²) in [5.74, 6) is 0.750. The Balaban J connectivity index is 2.53. The van der Waals surface area contributed by atoms with E-state index in [4.69, 9.17) is 10.5 Å². The average Bonchev–Trinajstić information content (AvgIpc) is 2.27. The quantitative estimate of drug-likeness (QED) is 0.444. The van der Waals surface area contributed by atoms with Crippen LogP contribution in [0.4, 0.5) is 4.79 Å². The number of primary amides is 1. The molecule has 0 aliphatic carbocycles. The van der Waals surface area contributed by atoms with Gasteiger partial charge in [-0.05, 0) is 29.8 Å². The van der Waals surface area contributed by atoms with Crippen LogP contribution in [0.2, 0.25) is 0 Å². The van der Waals surface area contributed by atoms with Crippen molar-refractivity contribution in [2.45, 2.75) is 0 Å². The molecule has 0 unspecified atom stereocenters. The highest BCUT2D eigenvalue weighted by Gasteiger charge is 1.92. The minimum absolute atomic E-state index is 0.469. The van der Waals surface area contributed by atoms with Crippen molar-refractivity contribution in [2.24, 2.45) is 10.8 Å². The van der Waals surface area contributed by atoms with Crippen LogP contribution in [-0.4, -0.2) is 18.9 Å². The normalized spacial score (nSPS) is 10.0. The number of nitrogens with two attached hydrogens (primary N) is 1. The van der Waals surface area contributed by atoms with Crippen LogP contribution in [-0.2, 0) is 0 Å². The van der Waals surface area contributed by atoms with Crippen molar-refractivity contribution in [1.29, 1.82) is 0 Å². The molecule has 0 radical (unpaired) electrons. The molecule has 0 aromatic heterocycles. The lowest BCUT2D eigenvalue weighted by molar-refractivity contribution is 0.249. The van der Waals surface area contributed by atoms with E-state index in [1.807, 2.05) is 12.1 Å². The number of urea groups is 1. The van der Waals surface area contributed by atoms with Gasteiger partial charge >= 0.3 is 6.03 Å². The summed E-state index contributed by atoms with van der Waals surface area (Å²) in [4.78, 5) is 10.3. The number of ether oxygens (including phenoxy) is 1. The number of hydrogen-bond donors (Lipinski definition) is 2. The minimum atomic E-state index is -0.692. The van der Waals surface area contributed by atoms with Gasteiger partial charge in [-0.2, -0.15) is 5.10 Å². The standard InChI is InChI=1S/C11H13N3O2/c1-2-7-16-10-5-3-9(4-6-10)8-13-14-11(12)15/h2-6,8H,1,7H2,(H3,12,14,15)/b13-8-. The molecule has 0 saturated heterocycles. The number of hydrazone groups is 1. The Kier molecular flexibility index (Phi) is 4.59. The van der Waals surface area contributed by atoms with Gasteiger partial charge in [0.1, 0.15) is 12.4 Å². The highest BCUT2D eigenvalue weighted by molar-refractivity contribution is 5.81. The summed E-state index contributed by atoms with van der Waals surface area (Å²) in [6.07, 6.45) is 3.16. The fourth-order valence-corrected chi connectivity index (χ4v) is 0.976. The molecule has 5 nitrogen and oxygen atoms in total. The molecule has 0 atom stereocenters. The molecule has 1 aromatic carbocycles. The van der Waals surface area contributed by atoms with E-state index in [1.54, 1.807) is 18.2 Å². The zero-order valence-corrected chi connectivity index (χ0v) is 8.72. The molecule has 16 heavy (non-hydrogen) atoms. The summed E-state index contributed by atoms with van der Waals surface area (Å²) in [7, 11) is 0. The van der Waals surface area contributed by atoms with E-state index in [0.717, 1.165) is 11.3 Å². The molecule has 0 aliphatic heterocycles. The molecule has 3 N–H and O–H groups in total. The van der Waals surface area contributed by atoms with Crippen LogP contribution in [0, 0.1) is 0 Å². The van der Waals surface area contributed by atoms with Gasteiger partial charge in [0.05, 0.1) is 6.21 Å². The molecule has 0 aliphatic rings. The molecule has 0 saturated carbocycles. The summed E-state index contributed by atoms with van der Waals surface area (Å²) < 4.78 is 5.30. The molecule has 0 fully saturated rings. The Morgan fingerprint density at radius 3 is 2.75 bits per heavy atom. The average molecular weight is 219 g/mol. The van der Waals surface area contributed by atoms with Gasteiger partial charge in [-0.25, -0.2) is 10.2 Å². The van der Waals surface area contributed by atoms with Crippen LogP contribution in [0.1, 0.15) is 5.56 Å². The zero-order chi connectivity index (χ0) is 11.8. The van der Waals surface area contributed by atoms with Crippen LogP contribution < -0.4 is 15.9 Å². The van der Waals surface area contributed by atoms with Crippen LogP contribution in [0.25, 0.3) is 0 Å². The maximum Gasteiger partial charge on any atom is 0.332 e. The summed E-state index contributed by atoms with van der Waals surface area (Å²) in [5.41, 5.74) is 7.78. The van der Waals surface area contributed by atoms with Gasteiger partial charge in [-0.3, -0.25) is 0 Å². The smallest absolute Gasteiger partial charge is 0.332 e. The van der Waals surface area contributed by atoms with Crippen molar-refractivity contribution in [3.05, 3.63) is 42.5 Å². The zero-order valence-electron chi connectivity index (χ0n) is 8.72. The van der Waals surface area contributed by atoms with Crippen molar-refractivity contribution in [3.8, 4) is 5.75 Å². The van der Waals surface area contributed by atoms with E-state index in [0.29, 0.717) is 6.61 Å². The lowest BCUT2D eigenvalue weighted by Gasteiger charge is -2.02. The van der Waals surface area contributed by atoms with E-state index in [1.165, 1.54) is 6.21 Å². The molecule has 84 valence electrons. The maximum atomic E-state index is 10.3. The highest BCUT2D eigenvalue weighted by atomic mass is 16.5. The molecule has 5 heteroatoms. The Morgan fingerprint density at radius 2 is 2.19 bits per heavy atom. The summed E-state index contributed by atoms with van der Waals surface area (Å²) in [6, 6.07) is 6.53.